The van der Waals surface area contributed by atoms with Gasteiger partial charge in [0.1, 0.15) is 0 Å². The molecule has 0 bridgehead atoms. The highest BCUT2D eigenvalue weighted by atomic mass is 16.2. The fourth-order valence-corrected chi connectivity index (χ4v) is 1.17. The number of carbonyl (C=O) groups is 2. The molecule has 13 heavy (non-hydrogen) atoms. The minimum Gasteiger partial charge on any atom is -0.336 e. The molecule has 74 valence electrons. The van der Waals surface area contributed by atoms with Crippen LogP contribution in [0.25, 0.3) is 0 Å². The molecule has 1 heterocycles. The van der Waals surface area contributed by atoms with Crippen LogP contribution in [0.2, 0.25) is 0 Å². The Morgan fingerprint density at radius 1 is 1.69 bits per heavy atom. The predicted molar refractivity (Wildman–Crippen MR) is 47.8 cm³/mol. The van der Waals surface area contributed by atoms with Gasteiger partial charge >= 0.3 is 6.03 Å². The first-order valence-corrected chi connectivity index (χ1v) is 4.59. The van der Waals surface area contributed by atoms with Crippen LogP contribution in [0.5, 0.6) is 0 Å². The van der Waals surface area contributed by atoms with Crippen molar-refractivity contribution in [3.8, 4) is 0 Å². The summed E-state index contributed by atoms with van der Waals surface area (Å²) < 4.78 is 0. The van der Waals surface area contributed by atoms with E-state index in [1.165, 1.54) is 5.01 Å². The van der Waals surface area contributed by atoms with Crippen LogP contribution >= 0.6 is 0 Å². The Morgan fingerprint density at radius 3 is 3.08 bits per heavy atom. The van der Waals surface area contributed by atoms with Crippen LogP contribution in [0.3, 0.4) is 0 Å². The Labute approximate surface area is 77.4 Å². The van der Waals surface area contributed by atoms with Crippen LogP contribution in [0.4, 0.5) is 4.79 Å². The molecule has 1 rings (SSSR count). The van der Waals surface area contributed by atoms with Gasteiger partial charge in [-0.2, -0.15) is 0 Å². The highest BCUT2D eigenvalue weighted by Gasteiger charge is 2.18. The normalized spacial score (nSPS) is 16.7. The second kappa shape index (κ2) is 4.69. The topological polar surface area (TPSA) is 61.4 Å². The van der Waals surface area contributed by atoms with Crippen molar-refractivity contribution in [2.24, 2.45) is 0 Å². The zero-order valence-electron chi connectivity index (χ0n) is 7.80. The lowest BCUT2D eigenvalue weighted by Gasteiger charge is -2.27. The van der Waals surface area contributed by atoms with Gasteiger partial charge in [-0.05, 0) is 12.8 Å². The van der Waals surface area contributed by atoms with Crippen LogP contribution < -0.4 is 10.7 Å². The highest BCUT2D eigenvalue weighted by Crippen LogP contribution is 1.96. The molecule has 0 spiro atoms. The van der Waals surface area contributed by atoms with Gasteiger partial charge in [0.15, 0.2) is 0 Å². The van der Waals surface area contributed by atoms with Crippen molar-refractivity contribution in [3.63, 3.8) is 0 Å². The van der Waals surface area contributed by atoms with Gasteiger partial charge in [0.2, 0.25) is 5.91 Å². The van der Waals surface area contributed by atoms with Gasteiger partial charge in [0.25, 0.3) is 0 Å². The van der Waals surface area contributed by atoms with E-state index < -0.39 is 0 Å². The third-order valence-corrected chi connectivity index (χ3v) is 1.82. The van der Waals surface area contributed by atoms with Crippen LogP contribution in [-0.2, 0) is 4.79 Å². The van der Waals surface area contributed by atoms with Gasteiger partial charge in [-0.1, -0.05) is 6.92 Å². The van der Waals surface area contributed by atoms with Gasteiger partial charge in [-0.3, -0.25) is 10.2 Å². The van der Waals surface area contributed by atoms with Crippen molar-refractivity contribution in [3.05, 3.63) is 0 Å². The zero-order valence-corrected chi connectivity index (χ0v) is 7.80. The molecule has 5 heteroatoms. The molecule has 1 fully saturated rings. The Hall–Kier alpha value is -1.26. The summed E-state index contributed by atoms with van der Waals surface area (Å²) in [6.45, 7) is 3.22. The number of hydrogen-bond acceptors (Lipinski definition) is 2. The van der Waals surface area contributed by atoms with E-state index in [-0.39, 0.29) is 11.9 Å². The lowest BCUT2D eigenvalue weighted by molar-refractivity contribution is -0.125. The molecule has 0 aromatic carbocycles. The molecule has 1 aliphatic heterocycles. The van der Waals surface area contributed by atoms with E-state index in [0.29, 0.717) is 19.5 Å². The lowest BCUT2D eigenvalue weighted by Crippen LogP contribution is -2.54. The fraction of sp³-hybridized carbons (Fsp3) is 0.750. The van der Waals surface area contributed by atoms with Crippen LogP contribution in [0.1, 0.15) is 26.2 Å². The van der Waals surface area contributed by atoms with Crippen molar-refractivity contribution in [1.82, 2.24) is 15.8 Å². The molecular formula is C8H15N3O2. The first kappa shape index (κ1) is 9.83. The van der Waals surface area contributed by atoms with Gasteiger partial charge < -0.3 is 5.32 Å². The second-order valence-electron chi connectivity index (χ2n) is 3.02. The molecule has 0 unspecified atom stereocenters. The number of carbonyl (C=O) groups excluding carboxylic acids is 2. The summed E-state index contributed by atoms with van der Waals surface area (Å²) in [5.74, 6) is -0.0976. The third kappa shape index (κ3) is 2.93. The number of nitrogens with one attached hydrogen (secondary N) is 2. The molecule has 0 radical (unpaired) electrons. The van der Waals surface area contributed by atoms with Crippen molar-refractivity contribution < 1.29 is 9.59 Å². The van der Waals surface area contributed by atoms with Crippen molar-refractivity contribution in [1.29, 1.82) is 0 Å². The summed E-state index contributed by atoms with van der Waals surface area (Å²) in [7, 11) is 0. The molecule has 0 aromatic heterocycles. The molecule has 0 saturated carbocycles. The summed E-state index contributed by atoms with van der Waals surface area (Å²) in [6.07, 6.45) is 2.13. The first-order valence-electron chi connectivity index (χ1n) is 4.59. The van der Waals surface area contributed by atoms with Crippen molar-refractivity contribution in [2.75, 3.05) is 13.1 Å². The predicted octanol–water partition coefficient (Wildman–Crippen LogP) is 0.233. The minimum absolute atomic E-state index is 0.0976. The Morgan fingerprint density at radius 2 is 2.46 bits per heavy atom. The standard InChI is InChI=1S/C8H15N3O2/c1-2-4-7(12)10-11-6-3-5-9-8(11)13/h2-6H2,1H3,(H,9,13)(H,10,12). The van der Waals surface area contributed by atoms with Gasteiger partial charge in [0, 0.05) is 19.5 Å². The number of nitrogens with zero attached hydrogens (tertiary/aromatic N) is 1. The largest absolute Gasteiger partial charge is 0.336 e. The number of amides is 3. The first-order chi connectivity index (χ1) is 6.24. The number of urea groups is 1. The van der Waals surface area contributed by atoms with Crippen molar-refractivity contribution >= 4 is 11.9 Å². The maximum absolute atomic E-state index is 11.1. The average molecular weight is 185 g/mol. The number of rotatable bonds is 3. The average Bonchev–Trinajstić information content (AvgIpc) is 2.09. The Bertz CT molecular complexity index is 206. The summed E-state index contributed by atoms with van der Waals surface area (Å²) in [5.41, 5.74) is 2.55. The van der Waals surface area contributed by atoms with Gasteiger partial charge in [-0.15, -0.1) is 0 Å². The minimum atomic E-state index is -0.212. The van der Waals surface area contributed by atoms with E-state index in [1.807, 2.05) is 6.92 Å². The smallest absolute Gasteiger partial charge is 0.336 e. The molecule has 5 nitrogen and oxygen atoms in total. The summed E-state index contributed by atoms with van der Waals surface area (Å²) in [5, 5.41) is 3.99. The number of hydrazine groups is 1. The molecule has 1 saturated heterocycles. The fourth-order valence-electron chi connectivity index (χ4n) is 1.17. The van der Waals surface area contributed by atoms with Gasteiger partial charge in [-0.25, -0.2) is 9.80 Å². The maximum atomic E-state index is 11.1. The molecule has 0 aliphatic carbocycles. The van der Waals surface area contributed by atoms with E-state index in [2.05, 4.69) is 10.7 Å². The molecule has 1 aliphatic rings. The summed E-state index contributed by atoms with van der Waals surface area (Å²) in [6, 6.07) is -0.212. The summed E-state index contributed by atoms with van der Waals surface area (Å²) >= 11 is 0. The number of hydrogen-bond donors (Lipinski definition) is 2. The zero-order chi connectivity index (χ0) is 9.68. The maximum Gasteiger partial charge on any atom is 0.336 e. The molecule has 2 N–H and O–H groups in total. The quantitative estimate of drug-likeness (QED) is 0.661. The Balaban J connectivity index is 2.33. The van der Waals surface area contributed by atoms with E-state index in [4.69, 9.17) is 0 Å². The highest BCUT2D eigenvalue weighted by molar-refractivity contribution is 5.81. The van der Waals surface area contributed by atoms with Crippen LogP contribution in [0.15, 0.2) is 0 Å². The van der Waals surface area contributed by atoms with E-state index in [0.717, 1.165) is 12.8 Å². The van der Waals surface area contributed by atoms with Crippen molar-refractivity contribution in [2.45, 2.75) is 26.2 Å². The van der Waals surface area contributed by atoms with Crippen LogP contribution in [0, 0.1) is 0 Å². The summed E-state index contributed by atoms with van der Waals surface area (Å²) in [4.78, 5) is 22.3. The van der Waals surface area contributed by atoms with Crippen LogP contribution in [-0.4, -0.2) is 30.0 Å². The third-order valence-electron chi connectivity index (χ3n) is 1.82. The lowest BCUT2D eigenvalue weighted by atomic mass is 10.3. The Kier molecular flexibility index (Phi) is 3.54. The second-order valence-corrected chi connectivity index (χ2v) is 3.02. The molecule has 0 aromatic rings. The van der Waals surface area contributed by atoms with Gasteiger partial charge in [0.05, 0.1) is 0 Å². The molecular weight excluding hydrogens is 170 g/mol. The van der Waals surface area contributed by atoms with E-state index >= 15 is 0 Å². The van der Waals surface area contributed by atoms with E-state index in [1.54, 1.807) is 0 Å². The molecule has 0 atom stereocenters. The SMILES string of the molecule is CCCC(=O)NN1CCCNC1=O. The molecule has 3 amide bonds. The van der Waals surface area contributed by atoms with E-state index in [9.17, 15) is 9.59 Å². The monoisotopic (exact) mass is 185 g/mol.